The van der Waals surface area contributed by atoms with Crippen LogP contribution in [0.3, 0.4) is 0 Å². The van der Waals surface area contributed by atoms with Crippen LogP contribution in [-0.2, 0) is 13.0 Å². The minimum atomic E-state index is -0.293. The molecule has 25 heavy (non-hydrogen) atoms. The molecule has 1 N–H and O–H groups in total. The topological polar surface area (TPSA) is 51.5 Å². The van der Waals surface area contributed by atoms with Gasteiger partial charge < -0.3 is 14.5 Å². The first kappa shape index (κ1) is 17.1. The summed E-state index contributed by atoms with van der Waals surface area (Å²) in [7, 11) is 0. The third-order valence-electron chi connectivity index (χ3n) is 3.68. The molecule has 1 amide bonds. The Morgan fingerprint density at radius 2 is 1.92 bits per heavy atom. The molecule has 0 unspecified atom stereocenters. The summed E-state index contributed by atoms with van der Waals surface area (Å²) in [6.45, 7) is 2.31. The summed E-state index contributed by atoms with van der Waals surface area (Å²) in [4.78, 5) is 12.2. The SMILES string of the molecule is CCc1ccc(NC(=O)c2ccc(COc3cccc(Cl)c3)o2)cc1. The smallest absolute Gasteiger partial charge is 0.291 e. The number of benzene rings is 2. The molecule has 0 aliphatic rings. The van der Waals surface area contributed by atoms with Gasteiger partial charge in [-0.3, -0.25) is 4.79 Å². The molecule has 3 aromatic rings. The molecule has 0 saturated heterocycles. The highest BCUT2D eigenvalue weighted by Crippen LogP contribution is 2.19. The summed E-state index contributed by atoms with van der Waals surface area (Å²) < 4.78 is 11.1. The van der Waals surface area contributed by atoms with Crippen molar-refractivity contribution in [3.63, 3.8) is 0 Å². The van der Waals surface area contributed by atoms with Crippen molar-refractivity contribution in [2.24, 2.45) is 0 Å². The van der Waals surface area contributed by atoms with Crippen molar-refractivity contribution in [2.45, 2.75) is 20.0 Å². The molecule has 0 atom stereocenters. The number of hydrogen-bond donors (Lipinski definition) is 1. The molecule has 2 aromatic carbocycles. The Kier molecular flexibility index (Phi) is 5.41. The van der Waals surface area contributed by atoms with Gasteiger partial charge in [0.25, 0.3) is 5.91 Å². The van der Waals surface area contributed by atoms with Gasteiger partial charge in [-0.05, 0) is 54.4 Å². The van der Waals surface area contributed by atoms with Crippen molar-refractivity contribution in [1.82, 2.24) is 0 Å². The van der Waals surface area contributed by atoms with E-state index in [0.717, 1.165) is 12.1 Å². The molecule has 0 aliphatic heterocycles. The normalized spacial score (nSPS) is 10.5. The van der Waals surface area contributed by atoms with E-state index in [4.69, 9.17) is 20.8 Å². The standard InChI is InChI=1S/C20H18ClNO3/c1-2-14-6-8-16(9-7-14)22-20(23)19-11-10-18(25-19)13-24-17-5-3-4-15(21)12-17/h3-12H,2,13H2,1H3,(H,22,23). The van der Waals surface area contributed by atoms with Crippen molar-refractivity contribution >= 4 is 23.2 Å². The molecule has 4 nitrogen and oxygen atoms in total. The molecule has 128 valence electrons. The number of rotatable bonds is 6. The fourth-order valence-electron chi connectivity index (χ4n) is 2.31. The van der Waals surface area contributed by atoms with Gasteiger partial charge in [0.05, 0.1) is 0 Å². The van der Waals surface area contributed by atoms with Crippen LogP contribution >= 0.6 is 11.6 Å². The summed E-state index contributed by atoms with van der Waals surface area (Å²) in [5, 5.41) is 3.42. The Hall–Kier alpha value is -2.72. The average molecular weight is 356 g/mol. The summed E-state index contributed by atoms with van der Waals surface area (Å²) in [5.74, 6) is 1.15. The maximum Gasteiger partial charge on any atom is 0.291 e. The number of ether oxygens (including phenoxy) is 1. The van der Waals surface area contributed by atoms with Crippen LogP contribution in [-0.4, -0.2) is 5.91 Å². The highest BCUT2D eigenvalue weighted by atomic mass is 35.5. The maximum atomic E-state index is 12.2. The number of halogens is 1. The molecule has 0 saturated carbocycles. The molecule has 0 fully saturated rings. The van der Waals surface area contributed by atoms with Gasteiger partial charge >= 0.3 is 0 Å². The zero-order valence-corrected chi connectivity index (χ0v) is 14.5. The van der Waals surface area contributed by atoms with Crippen LogP contribution in [0.1, 0.15) is 28.8 Å². The first-order valence-electron chi connectivity index (χ1n) is 8.01. The number of amides is 1. The van der Waals surface area contributed by atoms with Crippen molar-refractivity contribution in [3.8, 4) is 5.75 Å². The highest BCUT2D eigenvalue weighted by molar-refractivity contribution is 6.30. The molecule has 0 spiro atoms. The van der Waals surface area contributed by atoms with Gasteiger partial charge in [-0.1, -0.05) is 36.7 Å². The third-order valence-corrected chi connectivity index (χ3v) is 3.92. The fraction of sp³-hybridized carbons (Fsp3) is 0.150. The van der Waals surface area contributed by atoms with Gasteiger partial charge in [0.1, 0.15) is 18.1 Å². The second-order valence-corrected chi connectivity index (χ2v) is 5.95. The van der Waals surface area contributed by atoms with Crippen molar-refractivity contribution < 1.29 is 13.9 Å². The van der Waals surface area contributed by atoms with Gasteiger partial charge in [-0.2, -0.15) is 0 Å². The second kappa shape index (κ2) is 7.90. The largest absolute Gasteiger partial charge is 0.486 e. The van der Waals surface area contributed by atoms with Crippen LogP contribution in [0.25, 0.3) is 0 Å². The van der Waals surface area contributed by atoms with Gasteiger partial charge in [0, 0.05) is 10.7 Å². The molecule has 1 heterocycles. The number of aryl methyl sites for hydroxylation is 1. The average Bonchev–Trinajstić information content (AvgIpc) is 3.10. The van der Waals surface area contributed by atoms with E-state index in [-0.39, 0.29) is 18.3 Å². The zero-order valence-electron chi connectivity index (χ0n) is 13.8. The maximum absolute atomic E-state index is 12.2. The summed E-state index contributed by atoms with van der Waals surface area (Å²) in [5.41, 5.74) is 1.95. The second-order valence-electron chi connectivity index (χ2n) is 5.52. The number of nitrogens with one attached hydrogen (secondary N) is 1. The van der Waals surface area contributed by atoms with Crippen LogP contribution in [0, 0.1) is 0 Å². The molecule has 5 heteroatoms. The quantitative estimate of drug-likeness (QED) is 0.650. The molecule has 0 aliphatic carbocycles. The van der Waals surface area contributed by atoms with Crippen LogP contribution in [0.2, 0.25) is 5.02 Å². The lowest BCUT2D eigenvalue weighted by atomic mass is 10.1. The minimum absolute atomic E-state index is 0.221. The molecule has 0 radical (unpaired) electrons. The van der Waals surface area contributed by atoms with Crippen LogP contribution in [0.15, 0.2) is 65.1 Å². The van der Waals surface area contributed by atoms with Crippen LogP contribution in [0.5, 0.6) is 5.75 Å². The lowest BCUT2D eigenvalue weighted by Gasteiger charge is -2.05. The molecule has 1 aromatic heterocycles. The molecule has 0 bridgehead atoms. The van der Waals surface area contributed by atoms with E-state index < -0.39 is 0 Å². The fourth-order valence-corrected chi connectivity index (χ4v) is 2.49. The number of furan rings is 1. The van der Waals surface area contributed by atoms with E-state index in [1.807, 2.05) is 36.4 Å². The predicted molar refractivity (Wildman–Crippen MR) is 98.3 cm³/mol. The van der Waals surface area contributed by atoms with Crippen molar-refractivity contribution in [1.29, 1.82) is 0 Å². The van der Waals surface area contributed by atoms with Gasteiger partial charge in [-0.15, -0.1) is 0 Å². The van der Waals surface area contributed by atoms with E-state index >= 15 is 0 Å². The Bertz CT molecular complexity index is 855. The molecular weight excluding hydrogens is 338 g/mol. The van der Waals surface area contributed by atoms with Gasteiger partial charge in [0.15, 0.2) is 5.76 Å². The molecule has 3 rings (SSSR count). The Balaban J connectivity index is 1.59. The minimum Gasteiger partial charge on any atom is -0.486 e. The van der Waals surface area contributed by atoms with Crippen molar-refractivity contribution in [3.05, 3.63) is 82.8 Å². The number of anilines is 1. The third kappa shape index (κ3) is 4.64. The van der Waals surface area contributed by atoms with E-state index in [1.165, 1.54) is 5.56 Å². The van der Waals surface area contributed by atoms with E-state index in [9.17, 15) is 4.79 Å². The van der Waals surface area contributed by atoms with Crippen molar-refractivity contribution in [2.75, 3.05) is 5.32 Å². The lowest BCUT2D eigenvalue weighted by molar-refractivity contribution is 0.0992. The summed E-state index contributed by atoms with van der Waals surface area (Å²) in [6, 6.07) is 18.2. The van der Waals surface area contributed by atoms with E-state index in [2.05, 4.69) is 12.2 Å². The van der Waals surface area contributed by atoms with E-state index in [0.29, 0.717) is 16.5 Å². The Morgan fingerprint density at radius 1 is 1.12 bits per heavy atom. The Labute approximate surface area is 151 Å². The van der Waals surface area contributed by atoms with E-state index in [1.54, 1.807) is 24.3 Å². The monoisotopic (exact) mass is 355 g/mol. The van der Waals surface area contributed by atoms with Crippen LogP contribution in [0.4, 0.5) is 5.69 Å². The highest BCUT2D eigenvalue weighted by Gasteiger charge is 2.12. The zero-order chi connectivity index (χ0) is 17.6. The van der Waals surface area contributed by atoms with Gasteiger partial charge in [0.2, 0.25) is 0 Å². The first-order chi connectivity index (χ1) is 12.1. The number of hydrogen-bond acceptors (Lipinski definition) is 3. The lowest BCUT2D eigenvalue weighted by Crippen LogP contribution is -2.10. The summed E-state index contributed by atoms with van der Waals surface area (Å²) >= 11 is 5.91. The summed E-state index contributed by atoms with van der Waals surface area (Å²) in [6.07, 6.45) is 0.961. The molecular formula is C20H18ClNO3. The first-order valence-corrected chi connectivity index (χ1v) is 8.39. The Morgan fingerprint density at radius 3 is 2.64 bits per heavy atom. The number of carbonyl (C=O) groups is 1. The van der Waals surface area contributed by atoms with Crippen LogP contribution < -0.4 is 10.1 Å². The predicted octanol–water partition coefficient (Wildman–Crippen LogP) is 5.33. The van der Waals surface area contributed by atoms with Gasteiger partial charge in [-0.25, -0.2) is 0 Å². The number of carbonyl (C=O) groups excluding carboxylic acids is 1.